The summed E-state index contributed by atoms with van der Waals surface area (Å²) in [6.45, 7) is 14.0. The maximum absolute atomic E-state index is 12.7. The van der Waals surface area contributed by atoms with E-state index in [9.17, 15) is 9.59 Å². The molecule has 8 heteroatoms. The monoisotopic (exact) mass is 441 g/mol. The molecule has 2 amide bonds. The average Bonchev–Trinajstić information content (AvgIpc) is 3.40. The van der Waals surface area contributed by atoms with Gasteiger partial charge in [-0.2, -0.15) is 5.10 Å². The molecular weight excluding hydrogens is 406 g/mol. The van der Waals surface area contributed by atoms with Crippen LogP contribution in [0.15, 0.2) is 6.07 Å². The zero-order valence-corrected chi connectivity index (χ0v) is 20.0. The molecule has 0 radical (unpaired) electrons. The number of hydrogen-bond acceptors (Lipinski definition) is 5. The Kier molecular flexibility index (Phi) is 6.25. The number of amides is 2. The van der Waals surface area contributed by atoms with Crippen LogP contribution in [0.25, 0.3) is 5.65 Å². The molecule has 174 valence electrons. The van der Waals surface area contributed by atoms with E-state index >= 15 is 0 Å². The van der Waals surface area contributed by atoms with Gasteiger partial charge in [-0.25, -0.2) is 9.50 Å². The first kappa shape index (κ1) is 22.7. The largest absolute Gasteiger partial charge is 0.378 e. The van der Waals surface area contributed by atoms with E-state index in [2.05, 4.69) is 13.0 Å². The van der Waals surface area contributed by atoms with Gasteiger partial charge in [-0.15, -0.1) is 0 Å². The molecule has 32 heavy (non-hydrogen) atoms. The fourth-order valence-corrected chi connectivity index (χ4v) is 4.77. The molecule has 1 atom stereocenters. The lowest BCUT2D eigenvalue weighted by molar-refractivity contribution is -0.138. The van der Waals surface area contributed by atoms with Crippen LogP contribution < -0.4 is 0 Å². The summed E-state index contributed by atoms with van der Waals surface area (Å²) in [6.07, 6.45) is 2.05. The third-order valence-corrected chi connectivity index (χ3v) is 6.67. The Morgan fingerprint density at radius 1 is 1.12 bits per heavy atom. The van der Waals surface area contributed by atoms with E-state index in [0.717, 1.165) is 41.3 Å². The van der Waals surface area contributed by atoms with Gasteiger partial charge in [0.15, 0.2) is 5.65 Å². The van der Waals surface area contributed by atoms with Gasteiger partial charge in [-0.05, 0) is 32.3 Å². The highest BCUT2D eigenvalue weighted by atomic mass is 16.5. The average molecular weight is 442 g/mol. The second-order valence-corrected chi connectivity index (χ2v) is 10.1. The summed E-state index contributed by atoms with van der Waals surface area (Å²) < 4.78 is 7.25. The number of aryl methyl sites for hydroxylation is 2. The van der Waals surface area contributed by atoms with Crippen molar-refractivity contribution in [3.05, 3.63) is 28.7 Å². The number of ether oxygens (including phenoxy) is 1. The van der Waals surface area contributed by atoms with E-state index in [1.807, 2.05) is 42.0 Å². The summed E-state index contributed by atoms with van der Waals surface area (Å²) in [5, 5.41) is 4.87. The van der Waals surface area contributed by atoms with Gasteiger partial charge >= 0.3 is 0 Å². The van der Waals surface area contributed by atoms with Crippen LogP contribution in [0.5, 0.6) is 0 Å². The van der Waals surface area contributed by atoms with Gasteiger partial charge < -0.3 is 14.5 Å². The van der Waals surface area contributed by atoms with Gasteiger partial charge in [0.25, 0.3) is 0 Å². The molecule has 2 aliphatic heterocycles. The van der Waals surface area contributed by atoms with E-state index in [1.165, 1.54) is 0 Å². The van der Waals surface area contributed by atoms with Crippen molar-refractivity contribution in [3.8, 4) is 0 Å². The Morgan fingerprint density at radius 3 is 2.53 bits per heavy atom. The van der Waals surface area contributed by atoms with Crippen LogP contribution in [0, 0.1) is 19.3 Å². The summed E-state index contributed by atoms with van der Waals surface area (Å²) in [5.41, 5.74) is 4.53. The first-order valence-corrected chi connectivity index (χ1v) is 11.7. The van der Waals surface area contributed by atoms with E-state index < -0.39 is 0 Å². The third-order valence-electron chi connectivity index (χ3n) is 6.67. The number of likely N-dealkylation sites (tertiary alicyclic amines) is 1. The molecule has 2 fully saturated rings. The number of rotatable bonds is 4. The van der Waals surface area contributed by atoms with Gasteiger partial charge in [-0.1, -0.05) is 20.8 Å². The molecule has 0 aliphatic carbocycles. The molecule has 4 rings (SSSR count). The van der Waals surface area contributed by atoms with Crippen molar-refractivity contribution in [1.29, 1.82) is 0 Å². The summed E-state index contributed by atoms with van der Waals surface area (Å²) in [5.74, 6) is 0.595. The molecule has 0 bridgehead atoms. The molecule has 0 spiro atoms. The third kappa shape index (κ3) is 4.51. The molecular formula is C24H35N5O3. The SMILES string of the molecule is Cc1nc2cc([C@@H]3CCN(C(=O)C(C)(C)C)C3)nn2c(C)c1CCC(=O)N1CCOCC1. The number of hydrogen-bond donors (Lipinski definition) is 0. The lowest BCUT2D eigenvalue weighted by atomic mass is 9.95. The normalized spacial score (nSPS) is 19.7. The Hall–Kier alpha value is -2.48. The zero-order chi connectivity index (χ0) is 23.0. The summed E-state index contributed by atoms with van der Waals surface area (Å²) in [6, 6.07) is 2.05. The van der Waals surface area contributed by atoms with Gasteiger partial charge in [0.05, 0.1) is 18.9 Å². The van der Waals surface area contributed by atoms with Crippen LogP contribution in [0.1, 0.15) is 62.2 Å². The topological polar surface area (TPSA) is 80.0 Å². The van der Waals surface area contributed by atoms with E-state index in [1.54, 1.807) is 0 Å². The van der Waals surface area contributed by atoms with Crippen molar-refractivity contribution < 1.29 is 14.3 Å². The van der Waals surface area contributed by atoms with Gasteiger partial charge in [0.1, 0.15) is 0 Å². The van der Waals surface area contributed by atoms with Crippen molar-refractivity contribution in [2.24, 2.45) is 5.41 Å². The molecule has 4 heterocycles. The fourth-order valence-electron chi connectivity index (χ4n) is 4.77. The van der Waals surface area contributed by atoms with Gasteiger partial charge in [-0.3, -0.25) is 9.59 Å². The van der Waals surface area contributed by atoms with E-state index in [4.69, 9.17) is 14.8 Å². The number of fused-ring (bicyclic) bond motifs is 1. The smallest absolute Gasteiger partial charge is 0.227 e. The number of morpholine rings is 1. The van der Waals surface area contributed by atoms with Crippen molar-refractivity contribution in [2.45, 2.75) is 59.8 Å². The van der Waals surface area contributed by atoms with Crippen molar-refractivity contribution in [3.63, 3.8) is 0 Å². The van der Waals surface area contributed by atoms with Crippen molar-refractivity contribution in [2.75, 3.05) is 39.4 Å². The Labute approximate surface area is 189 Å². The minimum absolute atomic E-state index is 0.169. The summed E-state index contributed by atoms with van der Waals surface area (Å²) in [4.78, 5) is 33.9. The van der Waals surface area contributed by atoms with E-state index in [0.29, 0.717) is 45.7 Å². The standard InChI is InChI=1S/C24H35N5O3/c1-16-19(6-7-22(30)27-10-12-32-13-11-27)17(2)29-21(25-16)14-20(26-29)18-8-9-28(15-18)23(31)24(3,4)5/h14,18H,6-13,15H2,1-5H3/t18-/m1/s1. The maximum Gasteiger partial charge on any atom is 0.227 e. The molecule has 0 aromatic carbocycles. The highest BCUT2D eigenvalue weighted by Gasteiger charge is 2.34. The Bertz CT molecular complexity index is 1020. The van der Waals surface area contributed by atoms with Crippen LogP contribution in [-0.4, -0.2) is 75.6 Å². The fraction of sp³-hybridized carbons (Fsp3) is 0.667. The zero-order valence-electron chi connectivity index (χ0n) is 20.0. The van der Waals surface area contributed by atoms with Crippen LogP contribution >= 0.6 is 0 Å². The molecule has 2 aromatic heterocycles. The van der Waals surface area contributed by atoms with E-state index in [-0.39, 0.29) is 23.1 Å². The molecule has 2 aromatic rings. The van der Waals surface area contributed by atoms with Gasteiger partial charge in [0.2, 0.25) is 11.8 Å². The van der Waals surface area contributed by atoms with Crippen LogP contribution in [-0.2, 0) is 20.7 Å². The lowest BCUT2D eigenvalue weighted by Gasteiger charge is -2.27. The quantitative estimate of drug-likeness (QED) is 0.728. The number of carbonyl (C=O) groups excluding carboxylic acids is 2. The summed E-state index contributed by atoms with van der Waals surface area (Å²) >= 11 is 0. The first-order chi connectivity index (χ1) is 15.1. The number of nitrogens with zero attached hydrogens (tertiary/aromatic N) is 5. The number of aromatic nitrogens is 3. The minimum atomic E-state index is -0.364. The van der Waals surface area contributed by atoms with Crippen molar-refractivity contribution >= 4 is 17.5 Å². The molecule has 2 aliphatic rings. The predicted octanol–water partition coefficient (Wildman–Crippen LogP) is 2.50. The highest BCUT2D eigenvalue weighted by molar-refractivity contribution is 5.81. The number of carbonyl (C=O) groups is 2. The minimum Gasteiger partial charge on any atom is -0.378 e. The van der Waals surface area contributed by atoms with Crippen LogP contribution in [0.3, 0.4) is 0 Å². The molecule has 0 saturated carbocycles. The first-order valence-electron chi connectivity index (χ1n) is 11.7. The lowest BCUT2D eigenvalue weighted by Crippen LogP contribution is -2.40. The Balaban J connectivity index is 1.49. The van der Waals surface area contributed by atoms with Crippen LogP contribution in [0.2, 0.25) is 0 Å². The van der Waals surface area contributed by atoms with Gasteiger partial charge in [0, 0.05) is 61.4 Å². The summed E-state index contributed by atoms with van der Waals surface area (Å²) in [7, 11) is 0. The predicted molar refractivity (Wildman–Crippen MR) is 122 cm³/mol. The maximum atomic E-state index is 12.7. The Morgan fingerprint density at radius 2 is 1.84 bits per heavy atom. The highest BCUT2D eigenvalue weighted by Crippen LogP contribution is 2.30. The molecule has 2 saturated heterocycles. The molecule has 8 nitrogen and oxygen atoms in total. The van der Waals surface area contributed by atoms with Crippen molar-refractivity contribution in [1.82, 2.24) is 24.4 Å². The second-order valence-electron chi connectivity index (χ2n) is 10.1. The van der Waals surface area contributed by atoms with Crippen LogP contribution in [0.4, 0.5) is 0 Å². The molecule has 0 unspecified atom stereocenters. The second kappa shape index (κ2) is 8.81. The molecule has 0 N–H and O–H groups in total.